The highest BCUT2D eigenvalue weighted by molar-refractivity contribution is 5.96. The molecule has 1 aromatic carbocycles. The zero-order valence-corrected chi connectivity index (χ0v) is 11.3. The largest absolute Gasteiger partial charge is 0.467 e. The lowest BCUT2D eigenvalue weighted by Gasteiger charge is -2.12. The molecule has 0 fully saturated rings. The van der Waals surface area contributed by atoms with E-state index < -0.39 is 0 Å². The van der Waals surface area contributed by atoms with Gasteiger partial charge in [0.1, 0.15) is 5.76 Å². The van der Waals surface area contributed by atoms with E-state index in [-0.39, 0.29) is 17.9 Å². The van der Waals surface area contributed by atoms with Crippen LogP contribution in [0.2, 0.25) is 0 Å². The molecule has 0 aliphatic carbocycles. The first kappa shape index (κ1) is 13.9. The molecule has 0 unspecified atom stereocenters. The van der Waals surface area contributed by atoms with Crippen LogP contribution in [0.1, 0.15) is 36.0 Å². The standard InChI is InChI=1S/C15H16N2O3/c1-10(14-7-4-8-20-14)16-15(19)12-5-3-6-13(9-12)17-11(2)18/h3-10H,1-2H3,(H,16,19)(H,17,18)/t10-/m1/s1. The summed E-state index contributed by atoms with van der Waals surface area (Å²) in [5.41, 5.74) is 1.07. The van der Waals surface area contributed by atoms with Gasteiger partial charge in [-0.3, -0.25) is 9.59 Å². The molecule has 2 N–H and O–H groups in total. The fourth-order valence-corrected chi connectivity index (χ4v) is 1.83. The van der Waals surface area contributed by atoms with E-state index in [1.165, 1.54) is 6.92 Å². The molecule has 5 heteroatoms. The summed E-state index contributed by atoms with van der Waals surface area (Å²) in [4.78, 5) is 23.1. The number of hydrogen-bond donors (Lipinski definition) is 2. The topological polar surface area (TPSA) is 71.3 Å². The zero-order valence-electron chi connectivity index (χ0n) is 11.3. The smallest absolute Gasteiger partial charge is 0.251 e. The van der Waals surface area contributed by atoms with Crippen LogP contribution in [0.5, 0.6) is 0 Å². The Balaban J connectivity index is 2.07. The highest BCUT2D eigenvalue weighted by Crippen LogP contribution is 2.15. The zero-order chi connectivity index (χ0) is 14.5. The lowest BCUT2D eigenvalue weighted by atomic mass is 10.1. The van der Waals surface area contributed by atoms with Crippen molar-refractivity contribution in [2.24, 2.45) is 0 Å². The second kappa shape index (κ2) is 6.06. The number of amides is 2. The molecule has 2 aromatic rings. The highest BCUT2D eigenvalue weighted by Gasteiger charge is 2.13. The summed E-state index contributed by atoms with van der Waals surface area (Å²) in [7, 11) is 0. The number of nitrogens with one attached hydrogen (secondary N) is 2. The first-order valence-corrected chi connectivity index (χ1v) is 6.28. The Bertz CT molecular complexity index is 605. The van der Waals surface area contributed by atoms with Gasteiger partial charge in [0.15, 0.2) is 0 Å². The number of benzene rings is 1. The predicted molar refractivity (Wildman–Crippen MR) is 75.3 cm³/mol. The second-order valence-corrected chi connectivity index (χ2v) is 4.47. The third-order valence-corrected chi connectivity index (χ3v) is 2.76. The van der Waals surface area contributed by atoms with Gasteiger partial charge in [0.2, 0.25) is 5.91 Å². The fraction of sp³-hybridized carbons (Fsp3) is 0.200. The monoisotopic (exact) mass is 272 g/mol. The molecule has 0 aliphatic rings. The van der Waals surface area contributed by atoms with Crippen LogP contribution < -0.4 is 10.6 Å². The van der Waals surface area contributed by atoms with Crippen molar-refractivity contribution in [3.05, 3.63) is 54.0 Å². The van der Waals surface area contributed by atoms with E-state index in [9.17, 15) is 9.59 Å². The maximum Gasteiger partial charge on any atom is 0.251 e. The number of rotatable bonds is 4. The number of furan rings is 1. The Kier molecular flexibility index (Phi) is 4.20. The minimum Gasteiger partial charge on any atom is -0.467 e. The van der Waals surface area contributed by atoms with Gasteiger partial charge in [-0.25, -0.2) is 0 Å². The van der Waals surface area contributed by atoms with Gasteiger partial charge in [0, 0.05) is 18.2 Å². The molecule has 0 bridgehead atoms. The van der Waals surface area contributed by atoms with E-state index in [4.69, 9.17) is 4.42 Å². The quantitative estimate of drug-likeness (QED) is 0.899. The summed E-state index contributed by atoms with van der Waals surface area (Å²) in [6.07, 6.45) is 1.56. The molecule has 5 nitrogen and oxygen atoms in total. The molecule has 1 atom stereocenters. The van der Waals surface area contributed by atoms with Gasteiger partial charge in [-0.2, -0.15) is 0 Å². The van der Waals surface area contributed by atoms with Gasteiger partial charge in [0.25, 0.3) is 5.91 Å². The van der Waals surface area contributed by atoms with Gasteiger partial charge in [-0.05, 0) is 37.3 Å². The van der Waals surface area contributed by atoms with Crippen LogP contribution in [0.3, 0.4) is 0 Å². The SMILES string of the molecule is CC(=O)Nc1cccc(C(=O)N[C@H](C)c2ccco2)c1. The molecule has 2 amide bonds. The Morgan fingerprint density at radius 2 is 2.00 bits per heavy atom. The van der Waals surface area contributed by atoms with Crippen molar-refractivity contribution < 1.29 is 14.0 Å². The first-order valence-electron chi connectivity index (χ1n) is 6.28. The minimum absolute atomic E-state index is 0.175. The molecule has 20 heavy (non-hydrogen) atoms. The Labute approximate surface area is 117 Å². The maximum absolute atomic E-state index is 12.1. The van der Waals surface area contributed by atoms with Crippen LogP contribution in [0.4, 0.5) is 5.69 Å². The maximum atomic E-state index is 12.1. The van der Waals surface area contributed by atoms with Crippen molar-refractivity contribution in [1.29, 1.82) is 0 Å². The average Bonchev–Trinajstić information content (AvgIpc) is 2.92. The van der Waals surface area contributed by atoms with Crippen LogP contribution in [-0.2, 0) is 4.79 Å². The summed E-state index contributed by atoms with van der Waals surface area (Å²) in [6.45, 7) is 3.26. The molecule has 0 aliphatic heterocycles. The van der Waals surface area contributed by atoms with Crippen LogP contribution in [0.25, 0.3) is 0 Å². The average molecular weight is 272 g/mol. The Morgan fingerprint density at radius 1 is 1.20 bits per heavy atom. The van der Waals surface area contributed by atoms with Crippen molar-refractivity contribution in [3.8, 4) is 0 Å². The summed E-state index contributed by atoms with van der Waals surface area (Å²) in [6, 6.07) is 10.1. The first-order chi connectivity index (χ1) is 9.56. The van der Waals surface area contributed by atoms with Crippen molar-refractivity contribution in [2.45, 2.75) is 19.9 Å². The number of anilines is 1. The Morgan fingerprint density at radius 3 is 2.65 bits per heavy atom. The van der Waals surface area contributed by atoms with E-state index in [1.807, 2.05) is 6.92 Å². The van der Waals surface area contributed by atoms with E-state index in [2.05, 4.69) is 10.6 Å². The van der Waals surface area contributed by atoms with E-state index >= 15 is 0 Å². The third kappa shape index (κ3) is 3.47. The summed E-state index contributed by atoms with van der Waals surface area (Å²) in [5, 5.41) is 5.48. The van der Waals surface area contributed by atoms with Gasteiger partial charge in [0.05, 0.1) is 12.3 Å². The van der Waals surface area contributed by atoms with Crippen molar-refractivity contribution in [3.63, 3.8) is 0 Å². The molecule has 104 valence electrons. The lowest BCUT2D eigenvalue weighted by molar-refractivity contribution is -0.114. The molecular weight excluding hydrogens is 256 g/mol. The summed E-state index contributed by atoms with van der Waals surface area (Å²) in [5.74, 6) is 0.295. The highest BCUT2D eigenvalue weighted by atomic mass is 16.3. The van der Waals surface area contributed by atoms with E-state index in [0.717, 1.165) is 0 Å². The van der Waals surface area contributed by atoms with Gasteiger partial charge < -0.3 is 15.1 Å². The van der Waals surface area contributed by atoms with Crippen molar-refractivity contribution in [2.75, 3.05) is 5.32 Å². The number of carbonyl (C=O) groups excluding carboxylic acids is 2. The molecule has 0 saturated carbocycles. The second-order valence-electron chi connectivity index (χ2n) is 4.47. The third-order valence-electron chi connectivity index (χ3n) is 2.76. The lowest BCUT2D eigenvalue weighted by Crippen LogP contribution is -2.26. The van der Waals surface area contributed by atoms with Gasteiger partial charge >= 0.3 is 0 Å². The minimum atomic E-state index is -0.221. The van der Waals surface area contributed by atoms with Crippen LogP contribution in [-0.4, -0.2) is 11.8 Å². The molecular formula is C15H16N2O3. The fourth-order valence-electron chi connectivity index (χ4n) is 1.83. The molecule has 0 saturated heterocycles. The van der Waals surface area contributed by atoms with Crippen LogP contribution in [0.15, 0.2) is 47.1 Å². The number of carbonyl (C=O) groups is 2. The molecule has 0 radical (unpaired) electrons. The van der Waals surface area contributed by atoms with Gasteiger partial charge in [-0.1, -0.05) is 6.07 Å². The Hall–Kier alpha value is -2.56. The molecule has 0 spiro atoms. The van der Waals surface area contributed by atoms with E-state index in [0.29, 0.717) is 17.0 Å². The predicted octanol–water partition coefficient (Wildman–Crippen LogP) is 2.73. The van der Waals surface area contributed by atoms with Crippen LogP contribution >= 0.6 is 0 Å². The van der Waals surface area contributed by atoms with Crippen molar-refractivity contribution in [1.82, 2.24) is 5.32 Å². The normalized spacial score (nSPS) is 11.7. The molecule has 1 aromatic heterocycles. The van der Waals surface area contributed by atoms with E-state index in [1.54, 1.807) is 42.7 Å². The summed E-state index contributed by atoms with van der Waals surface area (Å²) >= 11 is 0. The van der Waals surface area contributed by atoms with Crippen molar-refractivity contribution >= 4 is 17.5 Å². The number of hydrogen-bond acceptors (Lipinski definition) is 3. The molecule has 1 heterocycles. The van der Waals surface area contributed by atoms with Gasteiger partial charge in [-0.15, -0.1) is 0 Å². The summed E-state index contributed by atoms with van der Waals surface area (Å²) < 4.78 is 5.24. The molecule has 2 rings (SSSR count). The van der Waals surface area contributed by atoms with Crippen LogP contribution in [0, 0.1) is 0 Å².